The van der Waals surface area contributed by atoms with Crippen molar-refractivity contribution in [3.8, 4) is 5.75 Å². The van der Waals surface area contributed by atoms with E-state index in [1.165, 1.54) is 0 Å². The molecule has 2 rings (SSSR count). The fraction of sp³-hybridized carbons (Fsp3) is 0.500. The van der Waals surface area contributed by atoms with Crippen molar-refractivity contribution < 1.29 is 14.6 Å². The molecule has 0 radical (unpaired) electrons. The molecule has 88 valence electrons. The molecule has 0 amide bonds. The minimum atomic E-state index is -0.576. The average Bonchev–Trinajstić information content (AvgIpc) is 2.27. The summed E-state index contributed by atoms with van der Waals surface area (Å²) in [5.41, 5.74) is 6.20. The van der Waals surface area contributed by atoms with Crippen LogP contribution in [0.1, 0.15) is 5.56 Å². The smallest absolute Gasteiger partial charge is 0.119 e. The van der Waals surface area contributed by atoms with Gasteiger partial charge >= 0.3 is 0 Å². The van der Waals surface area contributed by atoms with Crippen molar-refractivity contribution in [2.24, 2.45) is 5.73 Å². The largest absolute Gasteiger partial charge is 0.497 e. The molecule has 1 aliphatic heterocycles. The molecule has 1 heterocycles. The van der Waals surface area contributed by atoms with E-state index >= 15 is 0 Å². The average molecular weight is 223 g/mol. The lowest BCUT2D eigenvalue weighted by Gasteiger charge is -2.45. The Balaban J connectivity index is 2.32. The second kappa shape index (κ2) is 4.41. The van der Waals surface area contributed by atoms with Crippen molar-refractivity contribution in [3.05, 3.63) is 29.8 Å². The van der Waals surface area contributed by atoms with Crippen LogP contribution in [0, 0.1) is 0 Å². The molecular weight excluding hydrogens is 206 g/mol. The molecule has 0 aromatic heterocycles. The number of rotatable bonds is 4. The van der Waals surface area contributed by atoms with Gasteiger partial charge in [0.05, 0.1) is 31.8 Å². The zero-order valence-electron chi connectivity index (χ0n) is 9.35. The fourth-order valence-electron chi connectivity index (χ4n) is 2.03. The SMILES string of the molecule is COc1cccc(C2(C(O)CN)COC2)c1. The Kier molecular flexibility index (Phi) is 3.14. The van der Waals surface area contributed by atoms with E-state index in [4.69, 9.17) is 15.2 Å². The summed E-state index contributed by atoms with van der Waals surface area (Å²) >= 11 is 0. The second-order valence-electron chi connectivity index (χ2n) is 4.13. The molecule has 1 saturated heterocycles. The van der Waals surface area contributed by atoms with Crippen LogP contribution >= 0.6 is 0 Å². The normalized spacial score (nSPS) is 19.9. The molecule has 1 atom stereocenters. The highest BCUT2D eigenvalue weighted by atomic mass is 16.5. The van der Waals surface area contributed by atoms with Crippen molar-refractivity contribution in [2.75, 3.05) is 26.9 Å². The van der Waals surface area contributed by atoms with Crippen LogP contribution in [0.15, 0.2) is 24.3 Å². The molecule has 3 N–H and O–H groups in total. The van der Waals surface area contributed by atoms with Gasteiger partial charge in [-0.1, -0.05) is 12.1 Å². The summed E-state index contributed by atoms with van der Waals surface area (Å²) in [7, 11) is 1.63. The standard InChI is InChI=1S/C12H17NO3/c1-15-10-4-2-3-9(5-10)12(7-16-8-12)11(14)6-13/h2-5,11,14H,6-8,13H2,1H3. The first-order chi connectivity index (χ1) is 7.73. The number of methoxy groups -OCH3 is 1. The van der Waals surface area contributed by atoms with Crippen molar-refractivity contribution in [1.82, 2.24) is 0 Å². The van der Waals surface area contributed by atoms with Crippen LogP contribution in [0.5, 0.6) is 5.75 Å². The lowest BCUT2D eigenvalue weighted by molar-refractivity contribution is -0.116. The van der Waals surface area contributed by atoms with Crippen LogP contribution in [0.25, 0.3) is 0 Å². The van der Waals surface area contributed by atoms with Crippen LogP contribution in [0.3, 0.4) is 0 Å². The molecule has 0 bridgehead atoms. The summed E-state index contributed by atoms with van der Waals surface area (Å²) in [5.74, 6) is 0.785. The van der Waals surface area contributed by atoms with Crippen LogP contribution in [0.4, 0.5) is 0 Å². The Labute approximate surface area is 95.0 Å². The third kappa shape index (κ3) is 1.69. The van der Waals surface area contributed by atoms with Gasteiger partial charge in [-0.25, -0.2) is 0 Å². The van der Waals surface area contributed by atoms with Gasteiger partial charge in [0, 0.05) is 6.54 Å². The Hall–Kier alpha value is -1.10. The first-order valence-corrected chi connectivity index (χ1v) is 5.33. The lowest BCUT2D eigenvalue weighted by atomic mass is 9.74. The predicted octanol–water partition coefficient (Wildman–Crippen LogP) is 0.283. The molecule has 0 aliphatic carbocycles. The number of hydrogen-bond acceptors (Lipinski definition) is 4. The highest BCUT2D eigenvalue weighted by Crippen LogP contribution is 2.36. The van der Waals surface area contributed by atoms with Gasteiger partial charge < -0.3 is 20.3 Å². The zero-order valence-corrected chi connectivity index (χ0v) is 9.35. The van der Waals surface area contributed by atoms with Gasteiger partial charge in [0.2, 0.25) is 0 Å². The molecule has 1 fully saturated rings. The molecule has 1 aliphatic rings. The molecule has 1 aromatic rings. The van der Waals surface area contributed by atoms with Gasteiger partial charge in [-0.05, 0) is 17.7 Å². The third-order valence-electron chi connectivity index (χ3n) is 3.23. The molecular formula is C12H17NO3. The first-order valence-electron chi connectivity index (χ1n) is 5.33. The number of aliphatic hydroxyl groups excluding tert-OH is 1. The van der Waals surface area contributed by atoms with Gasteiger partial charge in [0.1, 0.15) is 5.75 Å². The first kappa shape index (κ1) is 11.4. The van der Waals surface area contributed by atoms with Crippen molar-refractivity contribution in [2.45, 2.75) is 11.5 Å². The molecule has 0 saturated carbocycles. The quantitative estimate of drug-likeness (QED) is 0.769. The van der Waals surface area contributed by atoms with E-state index in [1.54, 1.807) is 7.11 Å². The van der Waals surface area contributed by atoms with Crippen molar-refractivity contribution in [1.29, 1.82) is 0 Å². The molecule has 4 nitrogen and oxygen atoms in total. The minimum Gasteiger partial charge on any atom is -0.497 e. The van der Waals surface area contributed by atoms with Crippen LogP contribution < -0.4 is 10.5 Å². The van der Waals surface area contributed by atoms with E-state index in [1.807, 2.05) is 24.3 Å². The minimum absolute atomic E-state index is 0.237. The number of ether oxygens (including phenoxy) is 2. The topological polar surface area (TPSA) is 64.7 Å². The third-order valence-corrected chi connectivity index (χ3v) is 3.23. The number of nitrogens with two attached hydrogens (primary N) is 1. The fourth-order valence-corrected chi connectivity index (χ4v) is 2.03. The van der Waals surface area contributed by atoms with E-state index in [2.05, 4.69) is 0 Å². The van der Waals surface area contributed by atoms with Crippen LogP contribution in [-0.4, -0.2) is 38.1 Å². The maximum absolute atomic E-state index is 10.00. The lowest BCUT2D eigenvalue weighted by Crippen LogP contribution is -2.57. The van der Waals surface area contributed by atoms with E-state index in [0.29, 0.717) is 13.2 Å². The van der Waals surface area contributed by atoms with Gasteiger partial charge in [0.25, 0.3) is 0 Å². The Bertz CT molecular complexity index is 363. The highest BCUT2D eigenvalue weighted by Gasteiger charge is 2.46. The zero-order chi connectivity index (χ0) is 11.6. The van der Waals surface area contributed by atoms with Crippen LogP contribution in [-0.2, 0) is 10.2 Å². The molecule has 1 unspecified atom stereocenters. The van der Waals surface area contributed by atoms with Crippen molar-refractivity contribution in [3.63, 3.8) is 0 Å². The summed E-state index contributed by atoms with van der Waals surface area (Å²) in [6, 6.07) is 7.70. The summed E-state index contributed by atoms with van der Waals surface area (Å²) in [6.45, 7) is 1.26. The van der Waals surface area contributed by atoms with E-state index in [0.717, 1.165) is 11.3 Å². The Morgan fingerprint density at radius 2 is 2.31 bits per heavy atom. The Morgan fingerprint density at radius 1 is 1.56 bits per heavy atom. The van der Waals surface area contributed by atoms with Gasteiger partial charge in [-0.2, -0.15) is 0 Å². The molecule has 16 heavy (non-hydrogen) atoms. The maximum atomic E-state index is 10.00. The van der Waals surface area contributed by atoms with Gasteiger partial charge in [-0.3, -0.25) is 0 Å². The summed E-state index contributed by atoms with van der Waals surface area (Å²) in [5, 5.41) is 10.00. The van der Waals surface area contributed by atoms with Gasteiger partial charge in [-0.15, -0.1) is 0 Å². The summed E-state index contributed by atoms with van der Waals surface area (Å²) < 4.78 is 10.4. The number of benzene rings is 1. The number of hydrogen-bond donors (Lipinski definition) is 2. The monoisotopic (exact) mass is 223 g/mol. The van der Waals surface area contributed by atoms with Crippen LogP contribution in [0.2, 0.25) is 0 Å². The van der Waals surface area contributed by atoms with Crippen molar-refractivity contribution >= 4 is 0 Å². The summed E-state index contributed by atoms with van der Waals surface area (Å²) in [4.78, 5) is 0. The molecule has 0 spiro atoms. The Morgan fingerprint density at radius 3 is 2.81 bits per heavy atom. The second-order valence-corrected chi connectivity index (χ2v) is 4.13. The van der Waals surface area contributed by atoms with E-state index in [9.17, 15) is 5.11 Å². The van der Waals surface area contributed by atoms with E-state index < -0.39 is 6.10 Å². The van der Waals surface area contributed by atoms with Gasteiger partial charge in [0.15, 0.2) is 0 Å². The number of aliphatic hydroxyl groups is 1. The molecule has 1 aromatic carbocycles. The molecule has 4 heteroatoms. The summed E-state index contributed by atoms with van der Waals surface area (Å²) in [6.07, 6.45) is -0.576. The van der Waals surface area contributed by atoms with E-state index in [-0.39, 0.29) is 12.0 Å². The highest BCUT2D eigenvalue weighted by molar-refractivity contribution is 5.36. The maximum Gasteiger partial charge on any atom is 0.119 e. The predicted molar refractivity (Wildman–Crippen MR) is 60.6 cm³/mol.